The minimum atomic E-state index is -4.62. The predicted molar refractivity (Wildman–Crippen MR) is 140 cm³/mol. The molecule has 3 heterocycles. The van der Waals surface area contributed by atoms with Crippen LogP contribution in [0.2, 0.25) is 0 Å². The van der Waals surface area contributed by atoms with Crippen LogP contribution in [-0.4, -0.2) is 50.2 Å². The van der Waals surface area contributed by atoms with E-state index < -0.39 is 36.0 Å². The molecule has 2 aromatic carbocycles. The van der Waals surface area contributed by atoms with Crippen molar-refractivity contribution in [2.45, 2.75) is 37.3 Å². The number of carbonyl (C=O) groups is 1. The number of aliphatic imine (C=N–C) groups is 1. The first-order valence-electron chi connectivity index (χ1n) is 12.4. The lowest BCUT2D eigenvalue weighted by Crippen LogP contribution is -2.42. The van der Waals surface area contributed by atoms with Gasteiger partial charge in [0.1, 0.15) is 0 Å². The summed E-state index contributed by atoms with van der Waals surface area (Å²) < 4.78 is 45.8. The average molecular weight is 550 g/mol. The highest BCUT2D eigenvalue weighted by Crippen LogP contribution is 2.36. The van der Waals surface area contributed by atoms with E-state index in [-0.39, 0.29) is 23.3 Å². The fourth-order valence-electron chi connectivity index (χ4n) is 4.43. The SMILES string of the molecule is O=C1Nc2ccccc2C(c2ccccc2)=NC1Nc1nnc(-c2ncc(C(F)(F)F)cc2NC2CCC2O)o1. The second kappa shape index (κ2) is 10.1. The molecule has 0 spiro atoms. The normalized spacial score (nSPS) is 20.4. The fraction of sp³-hybridized carbons (Fsp3) is 0.222. The first-order valence-corrected chi connectivity index (χ1v) is 12.4. The van der Waals surface area contributed by atoms with Crippen molar-refractivity contribution in [3.63, 3.8) is 0 Å². The van der Waals surface area contributed by atoms with Crippen LogP contribution in [0.15, 0.2) is 76.3 Å². The third kappa shape index (κ3) is 4.98. The number of pyridine rings is 1. The Morgan fingerprint density at radius 2 is 1.77 bits per heavy atom. The van der Waals surface area contributed by atoms with Gasteiger partial charge in [0.25, 0.3) is 11.8 Å². The Balaban J connectivity index is 1.32. The molecule has 1 fully saturated rings. The summed E-state index contributed by atoms with van der Waals surface area (Å²) in [4.78, 5) is 21.7. The molecule has 204 valence electrons. The van der Waals surface area contributed by atoms with E-state index in [0.717, 1.165) is 17.2 Å². The van der Waals surface area contributed by atoms with E-state index in [4.69, 9.17) is 4.42 Å². The van der Waals surface area contributed by atoms with Crippen LogP contribution in [0.1, 0.15) is 29.5 Å². The van der Waals surface area contributed by atoms with E-state index in [1.54, 1.807) is 12.1 Å². The number of nitrogens with one attached hydrogen (secondary N) is 3. The minimum Gasteiger partial charge on any atom is -0.402 e. The molecular formula is C27H22F3N7O3. The average Bonchev–Trinajstić information content (AvgIpc) is 3.36. The van der Waals surface area contributed by atoms with Gasteiger partial charge in [0.15, 0.2) is 5.69 Å². The van der Waals surface area contributed by atoms with Gasteiger partial charge in [0.2, 0.25) is 6.17 Å². The van der Waals surface area contributed by atoms with Gasteiger partial charge in [0.05, 0.1) is 34.8 Å². The van der Waals surface area contributed by atoms with Crippen molar-refractivity contribution in [2.75, 3.05) is 16.0 Å². The number of alkyl halides is 3. The topological polar surface area (TPSA) is 138 Å². The van der Waals surface area contributed by atoms with E-state index >= 15 is 0 Å². The smallest absolute Gasteiger partial charge is 0.402 e. The number of hydrogen-bond acceptors (Lipinski definition) is 9. The lowest BCUT2D eigenvalue weighted by molar-refractivity contribution is -0.137. The molecular weight excluding hydrogens is 527 g/mol. The number of halogens is 3. The summed E-state index contributed by atoms with van der Waals surface area (Å²) in [6.07, 6.45) is -4.71. The van der Waals surface area contributed by atoms with Crippen molar-refractivity contribution in [1.29, 1.82) is 0 Å². The molecule has 4 aromatic rings. The molecule has 0 radical (unpaired) electrons. The van der Waals surface area contributed by atoms with Gasteiger partial charge in [0, 0.05) is 17.3 Å². The van der Waals surface area contributed by atoms with Gasteiger partial charge >= 0.3 is 12.2 Å². The molecule has 4 N–H and O–H groups in total. The molecule has 1 aliphatic heterocycles. The van der Waals surface area contributed by atoms with E-state index in [9.17, 15) is 23.1 Å². The number of benzodiazepines with no additional fused rings is 1. The van der Waals surface area contributed by atoms with Crippen LogP contribution in [0.4, 0.5) is 30.6 Å². The molecule has 3 atom stereocenters. The maximum absolute atomic E-state index is 13.4. The van der Waals surface area contributed by atoms with Gasteiger partial charge < -0.3 is 25.5 Å². The quantitative estimate of drug-likeness (QED) is 0.279. The lowest BCUT2D eigenvalue weighted by Gasteiger charge is -2.34. The Hall–Kier alpha value is -4.78. The first-order chi connectivity index (χ1) is 19.3. The summed E-state index contributed by atoms with van der Waals surface area (Å²) in [6, 6.07) is 16.8. The van der Waals surface area contributed by atoms with Crippen LogP contribution in [-0.2, 0) is 11.0 Å². The summed E-state index contributed by atoms with van der Waals surface area (Å²) in [7, 11) is 0. The minimum absolute atomic E-state index is 0.0131. The van der Waals surface area contributed by atoms with Crippen molar-refractivity contribution in [3.05, 3.63) is 83.6 Å². The summed E-state index contributed by atoms with van der Waals surface area (Å²) in [5.41, 5.74) is 1.63. The summed E-state index contributed by atoms with van der Waals surface area (Å²) in [5, 5.41) is 26.4. The highest BCUT2D eigenvalue weighted by Gasteiger charge is 2.35. The maximum atomic E-state index is 13.4. The predicted octanol–water partition coefficient (Wildman–Crippen LogP) is 4.31. The zero-order chi connectivity index (χ0) is 27.9. The van der Waals surface area contributed by atoms with Crippen LogP contribution < -0.4 is 16.0 Å². The van der Waals surface area contributed by atoms with Gasteiger partial charge in [-0.05, 0) is 25.0 Å². The van der Waals surface area contributed by atoms with Crippen LogP contribution in [0.5, 0.6) is 0 Å². The van der Waals surface area contributed by atoms with Crippen LogP contribution >= 0.6 is 0 Å². The van der Waals surface area contributed by atoms with Crippen LogP contribution in [0, 0.1) is 0 Å². The zero-order valence-electron chi connectivity index (χ0n) is 20.7. The van der Waals surface area contributed by atoms with Crippen LogP contribution in [0.25, 0.3) is 11.6 Å². The number of hydrogen-bond donors (Lipinski definition) is 4. The number of para-hydroxylation sites is 1. The Morgan fingerprint density at radius 1 is 1.00 bits per heavy atom. The summed E-state index contributed by atoms with van der Waals surface area (Å²) in [5.74, 6) is -0.663. The number of aromatic nitrogens is 3. The second-order valence-electron chi connectivity index (χ2n) is 9.35. The van der Waals surface area contributed by atoms with E-state index in [2.05, 4.69) is 36.1 Å². The molecule has 40 heavy (non-hydrogen) atoms. The number of carbonyl (C=O) groups excluding carboxylic acids is 1. The van der Waals surface area contributed by atoms with Crippen molar-refractivity contribution >= 4 is 29.0 Å². The number of fused-ring (bicyclic) bond motifs is 1. The highest BCUT2D eigenvalue weighted by molar-refractivity contribution is 6.19. The number of aliphatic hydroxyl groups excluding tert-OH is 1. The highest BCUT2D eigenvalue weighted by atomic mass is 19.4. The first kappa shape index (κ1) is 25.5. The number of anilines is 3. The molecule has 6 rings (SSSR count). The van der Waals surface area contributed by atoms with Gasteiger partial charge in [-0.15, -0.1) is 5.10 Å². The van der Waals surface area contributed by atoms with Gasteiger partial charge in [-0.2, -0.15) is 13.2 Å². The van der Waals surface area contributed by atoms with E-state index in [0.29, 0.717) is 30.4 Å². The van der Waals surface area contributed by atoms with E-state index in [1.165, 1.54) is 0 Å². The summed E-state index contributed by atoms with van der Waals surface area (Å²) >= 11 is 0. The standard InChI is InChI=1S/C27H22F3N7O3/c28-27(29,30)15-12-19(32-18-10-11-20(18)38)22(31-13-15)25-36-37-26(40-25)35-23-24(39)33-17-9-5-4-8-16(17)21(34-23)14-6-2-1-3-7-14/h1-9,12-13,18,20,23,32,38H,10-11H2,(H,33,39)(H,35,37). The molecule has 1 aliphatic carbocycles. The third-order valence-corrected chi connectivity index (χ3v) is 6.68. The molecule has 0 saturated heterocycles. The monoisotopic (exact) mass is 549 g/mol. The molecule has 10 nitrogen and oxygen atoms in total. The Labute approximate surface area is 225 Å². The largest absolute Gasteiger partial charge is 0.417 e. The van der Waals surface area contributed by atoms with Gasteiger partial charge in [-0.3, -0.25) is 4.79 Å². The molecule has 13 heteroatoms. The number of benzene rings is 2. The van der Waals surface area contributed by atoms with E-state index in [1.807, 2.05) is 42.5 Å². The maximum Gasteiger partial charge on any atom is 0.417 e. The van der Waals surface area contributed by atoms with Crippen molar-refractivity contribution in [1.82, 2.24) is 15.2 Å². The molecule has 3 unspecified atom stereocenters. The van der Waals surface area contributed by atoms with Crippen molar-refractivity contribution in [3.8, 4) is 11.6 Å². The second-order valence-corrected chi connectivity index (χ2v) is 9.35. The number of aliphatic hydroxyl groups is 1. The number of rotatable bonds is 6. The van der Waals surface area contributed by atoms with Crippen LogP contribution in [0.3, 0.4) is 0 Å². The van der Waals surface area contributed by atoms with Gasteiger partial charge in [-0.1, -0.05) is 53.6 Å². The summed E-state index contributed by atoms with van der Waals surface area (Å²) in [6.45, 7) is 0. The number of nitrogens with zero attached hydrogens (tertiary/aromatic N) is 4. The molecule has 0 bridgehead atoms. The zero-order valence-corrected chi connectivity index (χ0v) is 20.7. The molecule has 1 saturated carbocycles. The molecule has 2 aliphatic rings. The fourth-order valence-corrected chi connectivity index (χ4v) is 4.43. The van der Waals surface area contributed by atoms with Crippen molar-refractivity contribution < 1.29 is 27.5 Å². The molecule has 2 aromatic heterocycles. The lowest BCUT2D eigenvalue weighted by atomic mass is 9.89. The third-order valence-electron chi connectivity index (χ3n) is 6.68. The number of amides is 1. The Morgan fingerprint density at radius 3 is 2.50 bits per heavy atom. The Kier molecular flexibility index (Phi) is 6.42. The Bertz CT molecular complexity index is 1590. The molecule has 1 amide bonds. The van der Waals surface area contributed by atoms with Gasteiger partial charge in [-0.25, -0.2) is 9.98 Å². The van der Waals surface area contributed by atoms with Crippen molar-refractivity contribution in [2.24, 2.45) is 4.99 Å².